The summed E-state index contributed by atoms with van der Waals surface area (Å²) in [7, 11) is 0. The van der Waals surface area contributed by atoms with Crippen molar-refractivity contribution in [1.29, 1.82) is 0 Å². The molecule has 13 N–H and O–H groups in total. The van der Waals surface area contributed by atoms with Gasteiger partial charge in [-0.2, -0.15) is 15.0 Å². The number of amides is 3. The second kappa shape index (κ2) is 38.9. The van der Waals surface area contributed by atoms with E-state index in [0.29, 0.717) is 88.2 Å². The van der Waals surface area contributed by atoms with E-state index >= 15 is 0 Å². The topological polar surface area (TPSA) is 448 Å². The van der Waals surface area contributed by atoms with Crippen LogP contribution in [-0.2, 0) is 49.6 Å². The summed E-state index contributed by atoms with van der Waals surface area (Å²) < 4.78 is 0. The molecule has 2 aliphatic heterocycles. The molecule has 3 amide bonds. The number of urea groups is 1. The number of nitrogens with zero attached hydrogens (tertiary/aromatic N) is 8. The Hall–Kier alpha value is -8.03. The Labute approximate surface area is 504 Å². The monoisotopic (exact) mass is 1230 g/mol. The minimum Gasteiger partial charge on any atom is -0.481 e. The van der Waals surface area contributed by atoms with Crippen LogP contribution in [0.2, 0.25) is 0 Å². The molecule has 31 heteroatoms. The molecule has 3 atom stereocenters. The largest absolute Gasteiger partial charge is 0.481 e. The number of nitrogens with one attached hydrogen (secondary N) is 5. The Balaban J connectivity index is 1.33. The van der Waals surface area contributed by atoms with Crippen LogP contribution in [0.3, 0.4) is 0 Å². The predicted molar refractivity (Wildman–Crippen MR) is 314 cm³/mol. The SMILES string of the molecule is O=C(O)CCCC1CCN(c2nc(NCCCCCCCC(=O)NCCCCC[C@H](NC(=O)N[C@@H](CCC(=O)O)C(=O)O)C(=O)O)nc(Nc3ccc(CC4CN(CC(=O)O)CCN(CC(=O)O)CCN(CC(=O)O)CCN4CC(=O)O)cc3)n2)CC1. The third-order valence-electron chi connectivity index (χ3n) is 15.0. The van der Waals surface area contributed by atoms with E-state index in [-0.39, 0.29) is 103 Å². The van der Waals surface area contributed by atoms with Gasteiger partial charge in [0, 0.05) is 103 Å². The van der Waals surface area contributed by atoms with Gasteiger partial charge in [-0.25, -0.2) is 14.4 Å². The van der Waals surface area contributed by atoms with E-state index in [2.05, 4.69) is 31.5 Å². The van der Waals surface area contributed by atoms with Gasteiger partial charge in [-0.3, -0.25) is 53.2 Å². The Bertz CT molecular complexity index is 2560. The minimum atomic E-state index is -1.51. The number of benzene rings is 1. The second-order valence-electron chi connectivity index (χ2n) is 22.0. The normalized spacial score (nSPS) is 16.7. The lowest BCUT2D eigenvalue weighted by Crippen LogP contribution is -2.53. The van der Waals surface area contributed by atoms with E-state index in [1.807, 2.05) is 24.3 Å². The van der Waals surface area contributed by atoms with Crippen molar-refractivity contribution in [2.45, 2.75) is 134 Å². The lowest BCUT2D eigenvalue weighted by Gasteiger charge is -2.37. The summed E-state index contributed by atoms with van der Waals surface area (Å²) >= 11 is 0. The zero-order valence-electron chi connectivity index (χ0n) is 49.2. The zero-order valence-corrected chi connectivity index (χ0v) is 49.2. The van der Waals surface area contributed by atoms with Crippen LogP contribution in [0.4, 0.5) is 28.3 Å². The number of unbranched alkanes of at least 4 members (excludes halogenated alkanes) is 6. The molecule has 1 aromatic heterocycles. The Morgan fingerprint density at radius 3 is 1.63 bits per heavy atom. The fourth-order valence-electron chi connectivity index (χ4n) is 10.3. The summed E-state index contributed by atoms with van der Waals surface area (Å²) in [5, 5.41) is 89.7. The summed E-state index contributed by atoms with van der Waals surface area (Å²) in [6, 6.07) is 2.93. The molecule has 0 bridgehead atoms. The number of aliphatic carboxylic acids is 8. The summed E-state index contributed by atoms with van der Waals surface area (Å²) in [5.41, 5.74) is 1.41. The summed E-state index contributed by atoms with van der Waals surface area (Å²) in [5.74, 6) is -7.90. The van der Waals surface area contributed by atoms with E-state index in [1.54, 1.807) is 19.6 Å². The molecule has 1 aromatic carbocycles. The van der Waals surface area contributed by atoms with E-state index < -0.39 is 84.9 Å². The quantitative estimate of drug-likeness (QED) is 0.0426. The van der Waals surface area contributed by atoms with Gasteiger partial charge in [0.1, 0.15) is 12.1 Å². The fourth-order valence-corrected chi connectivity index (χ4v) is 10.3. The van der Waals surface area contributed by atoms with Gasteiger partial charge in [-0.1, -0.05) is 44.2 Å². The molecule has 4 rings (SSSR count). The molecule has 0 spiro atoms. The highest BCUT2D eigenvalue weighted by atomic mass is 16.4. The molecule has 31 nitrogen and oxygen atoms in total. The van der Waals surface area contributed by atoms with Crippen molar-refractivity contribution in [1.82, 2.24) is 50.5 Å². The van der Waals surface area contributed by atoms with Crippen LogP contribution < -0.4 is 31.5 Å². The van der Waals surface area contributed by atoms with Crippen LogP contribution in [-0.4, -0.2) is 251 Å². The number of carboxylic acids is 8. The van der Waals surface area contributed by atoms with Crippen LogP contribution in [0.1, 0.15) is 115 Å². The number of piperidine rings is 1. The first-order chi connectivity index (χ1) is 41.5. The molecule has 2 saturated heterocycles. The molecule has 0 radical (unpaired) electrons. The number of carboxylic acid groups (broad SMARTS) is 8. The number of aromatic nitrogens is 3. The summed E-state index contributed by atoms with van der Waals surface area (Å²) in [6.07, 6.45) is 8.53. The number of anilines is 4. The van der Waals surface area contributed by atoms with Gasteiger partial charge in [0.15, 0.2) is 0 Å². The summed E-state index contributed by atoms with van der Waals surface area (Å²) in [6.45, 7) is 1.92. The van der Waals surface area contributed by atoms with Crippen molar-refractivity contribution in [2.24, 2.45) is 5.92 Å². The third kappa shape index (κ3) is 30.2. The molecule has 2 aliphatic rings. The van der Waals surface area contributed by atoms with Crippen molar-refractivity contribution >= 4 is 83.2 Å². The van der Waals surface area contributed by atoms with Crippen LogP contribution >= 0.6 is 0 Å². The highest BCUT2D eigenvalue weighted by Gasteiger charge is 2.29. The molecular formula is C56H87N13O18. The Morgan fingerprint density at radius 2 is 1.03 bits per heavy atom. The molecule has 0 saturated carbocycles. The van der Waals surface area contributed by atoms with Gasteiger partial charge < -0.3 is 72.3 Å². The van der Waals surface area contributed by atoms with Gasteiger partial charge >= 0.3 is 53.8 Å². The van der Waals surface area contributed by atoms with Crippen molar-refractivity contribution in [3.8, 4) is 0 Å². The minimum absolute atomic E-state index is 0.0539. The average molecular weight is 1230 g/mol. The van der Waals surface area contributed by atoms with E-state index in [1.165, 1.54) is 0 Å². The molecule has 1 unspecified atom stereocenters. The molecular weight excluding hydrogens is 1140 g/mol. The average Bonchev–Trinajstić information content (AvgIpc) is 1.86. The number of carbonyl (C=O) groups excluding carboxylic acids is 2. The maximum absolute atomic E-state index is 12.5. The van der Waals surface area contributed by atoms with E-state index in [9.17, 15) is 78.6 Å². The van der Waals surface area contributed by atoms with Crippen molar-refractivity contribution in [3.63, 3.8) is 0 Å². The fraction of sp³-hybridized carbons (Fsp3) is 0.661. The first-order valence-electron chi connectivity index (χ1n) is 29.6. The number of hydrogen-bond acceptors (Lipinski definition) is 20. The molecule has 87 heavy (non-hydrogen) atoms. The maximum atomic E-state index is 12.5. The molecule has 484 valence electrons. The Morgan fingerprint density at radius 1 is 0.506 bits per heavy atom. The lowest BCUT2D eigenvalue weighted by atomic mass is 9.92. The summed E-state index contributed by atoms with van der Waals surface area (Å²) in [4.78, 5) is 141. The second-order valence-corrected chi connectivity index (χ2v) is 22.0. The van der Waals surface area contributed by atoms with Gasteiger partial charge in [0.2, 0.25) is 23.8 Å². The zero-order chi connectivity index (χ0) is 63.7. The first-order valence-corrected chi connectivity index (χ1v) is 29.6. The standard InChI is InChI=1S/C56H87N13O18/c70-44(57-22-8-4-5-11-42(51(83)84)60-56(87)61-43(52(85)86)18-19-46(73)74)12-6-2-1-3-7-23-58-53-62-54(64-55(63-53)68-24-20-38(21-25-68)10-9-13-45(71)72)59-40-16-14-39(15-17-40)32-41-33-67(36-49(79)80)29-28-65(34-47(75)76)26-27-66(35-48(77)78)30-31-69(41)37-50(81)82/h14-17,38,41-43H,1-13,18-37H2,(H,57,70)(H,71,72)(H,73,74)(H,75,76)(H,77,78)(H,79,80)(H,81,82)(H,83,84)(H,85,86)(H2,60,61,87)(H2,58,59,62,63,64)/t41?,42-,43-/m0/s1. The number of hydrogen-bond donors (Lipinski definition) is 13. The van der Waals surface area contributed by atoms with Crippen LogP contribution in [0.25, 0.3) is 0 Å². The Kier molecular flexibility index (Phi) is 31.9. The van der Waals surface area contributed by atoms with Crippen molar-refractivity contribution < 1.29 is 88.8 Å². The predicted octanol–water partition coefficient (Wildman–Crippen LogP) is 2.06. The van der Waals surface area contributed by atoms with E-state index in [0.717, 1.165) is 50.5 Å². The smallest absolute Gasteiger partial charge is 0.326 e. The lowest BCUT2D eigenvalue weighted by molar-refractivity contribution is -0.142. The van der Waals surface area contributed by atoms with Gasteiger partial charge in [0.05, 0.1) is 26.2 Å². The first kappa shape index (κ1) is 71.5. The molecule has 2 aromatic rings. The maximum Gasteiger partial charge on any atom is 0.326 e. The van der Waals surface area contributed by atoms with Crippen LogP contribution in [0, 0.1) is 5.92 Å². The highest BCUT2D eigenvalue weighted by molar-refractivity contribution is 5.86. The van der Waals surface area contributed by atoms with E-state index in [4.69, 9.17) is 25.2 Å². The van der Waals surface area contributed by atoms with Gasteiger partial charge in [-0.15, -0.1) is 0 Å². The molecule has 3 heterocycles. The van der Waals surface area contributed by atoms with Crippen LogP contribution in [0.5, 0.6) is 0 Å². The van der Waals surface area contributed by atoms with Crippen molar-refractivity contribution in [3.05, 3.63) is 29.8 Å². The van der Waals surface area contributed by atoms with Gasteiger partial charge in [0.25, 0.3) is 0 Å². The molecule has 2 fully saturated rings. The van der Waals surface area contributed by atoms with Crippen LogP contribution in [0.15, 0.2) is 24.3 Å². The highest BCUT2D eigenvalue weighted by Crippen LogP contribution is 2.27. The molecule has 0 aliphatic carbocycles. The van der Waals surface area contributed by atoms with Gasteiger partial charge in [-0.05, 0) is 87.8 Å². The third-order valence-corrected chi connectivity index (χ3v) is 15.0. The number of carbonyl (C=O) groups is 10. The number of rotatable bonds is 39. The van der Waals surface area contributed by atoms with Crippen molar-refractivity contribution in [2.75, 3.05) is 114 Å².